The number of amides is 2. The molecule has 146 valence electrons. The minimum Gasteiger partial charge on any atom is -0.365 e. The van der Waals surface area contributed by atoms with Crippen LogP contribution >= 0.6 is 11.3 Å². The van der Waals surface area contributed by atoms with E-state index in [2.05, 4.69) is 0 Å². The summed E-state index contributed by atoms with van der Waals surface area (Å²) < 4.78 is 89.4. The van der Waals surface area contributed by atoms with Crippen molar-refractivity contribution in [1.82, 2.24) is 0 Å². The maximum absolute atomic E-state index is 13.5. The molecule has 0 saturated heterocycles. The van der Waals surface area contributed by atoms with Crippen molar-refractivity contribution in [2.75, 3.05) is 5.32 Å². The van der Waals surface area contributed by atoms with Gasteiger partial charge in [-0.05, 0) is 30.7 Å². The van der Waals surface area contributed by atoms with Gasteiger partial charge in [0.2, 0.25) is 0 Å². The molecule has 26 heavy (non-hydrogen) atoms. The average molecular weight is 406 g/mol. The first-order chi connectivity index (χ1) is 11.7. The van der Waals surface area contributed by atoms with Crippen LogP contribution in [0.15, 0.2) is 0 Å². The molecule has 0 aliphatic heterocycles. The summed E-state index contributed by atoms with van der Waals surface area (Å²) in [4.78, 5) is 23.6. The van der Waals surface area contributed by atoms with Crippen molar-refractivity contribution < 1.29 is 40.3 Å². The Morgan fingerprint density at radius 2 is 1.73 bits per heavy atom. The van der Waals surface area contributed by atoms with Crippen LogP contribution < -0.4 is 11.1 Å². The van der Waals surface area contributed by atoms with E-state index in [1.54, 1.807) is 0 Å². The van der Waals surface area contributed by atoms with Crippen molar-refractivity contribution in [1.29, 1.82) is 0 Å². The molecule has 4 nitrogen and oxygen atoms in total. The lowest BCUT2D eigenvalue weighted by molar-refractivity contribution is -0.343. The van der Waals surface area contributed by atoms with Gasteiger partial charge in [-0.3, -0.25) is 9.59 Å². The van der Waals surface area contributed by atoms with Gasteiger partial charge in [0.05, 0.1) is 5.56 Å². The Morgan fingerprint density at radius 3 is 2.23 bits per heavy atom. The monoisotopic (exact) mass is 406 g/mol. The van der Waals surface area contributed by atoms with E-state index in [0.29, 0.717) is 41.0 Å². The van der Waals surface area contributed by atoms with E-state index < -0.39 is 34.8 Å². The van der Waals surface area contributed by atoms with Crippen molar-refractivity contribution in [2.24, 2.45) is 11.7 Å². The van der Waals surface area contributed by atoms with Crippen LogP contribution in [0, 0.1) is 5.92 Å². The normalized spacial score (nSPS) is 18.4. The largest absolute Gasteiger partial charge is 0.460 e. The molecule has 0 fully saturated rings. The summed E-state index contributed by atoms with van der Waals surface area (Å²) in [6.07, 6.45) is -5.22. The number of primary amides is 1. The smallest absolute Gasteiger partial charge is 0.365 e. The molecule has 0 saturated carbocycles. The van der Waals surface area contributed by atoms with E-state index in [1.807, 2.05) is 6.92 Å². The van der Waals surface area contributed by atoms with Gasteiger partial charge in [-0.1, -0.05) is 6.92 Å². The summed E-state index contributed by atoms with van der Waals surface area (Å²) in [5.41, 5.74) is 5.21. The van der Waals surface area contributed by atoms with Gasteiger partial charge < -0.3 is 11.1 Å². The quantitative estimate of drug-likeness (QED) is 0.748. The number of hydrogen-bond acceptors (Lipinski definition) is 3. The van der Waals surface area contributed by atoms with Crippen LogP contribution in [0.25, 0.3) is 0 Å². The molecule has 1 aliphatic rings. The number of halogens is 7. The third-order valence-corrected chi connectivity index (χ3v) is 5.19. The predicted octanol–water partition coefficient (Wildman–Crippen LogP) is 3.74. The minimum absolute atomic E-state index is 0.182. The molecule has 12 heteroatoms. The number of thiophene rings is 1. The van der Waals surface area contributed by atoms with E-state index in [0.717, 1.165) is 0 Å². The Bertz CT molecular complexity index is 742. The number of hydrogen-bond donors (Lipinski definition) is 2. The number of nitrogens with one attached hydrogen (secondary N) is 1. The fourth-order valence-corrected chi connectivity index (χ4v) is 4.01. The predicted molar refractivity (Wildman–Crippen MR) is 78.6 cm³/mol. The van der Waals surface area contributed by atoms with E-state index >= 15 is 0 Å². The lowest BCUT2D eigenvalue weighted by Crippen LogP contribution is -2.57. The standard InChI is InChI=1S/C14H13F7N2O2S/c1-5-2-3-6-7(4-5)26-10(8(6)9(22)24)23-11(25)12(15,16)13(17,18)14(19,20)21/h5H,2-4H2,1H3,(H2,22,24)(H,23,25). The molecular weight excluding hydrogens is 393 g/mol. The Morgan fingerprint density at radius 1 is 1.15 bits per heavy atom. The Labute approximate surface area is 146 Å². The summed E-state index contributed by atoms with van der Waals surface area (Å²) in [6.45, 7) is 1.88. The molecular formula is C14H13F7N2O2S. The number of alkyl halides is 7. The molecule has 0 aromatic carbocycles. The molecule has 0 spiro atoms. The number of nitrogens with two attached hydrogens (primary N) is 1. The van der Waals surface area contributed by atoms with E-state index in [1.165, 1.54) is 5.32 Å². The van der Waals surface area contributed by atoms with Gasteiger partial charge in [-0.25, -0.2) is 0 Å². The molecule has 1 aromatic heterocycles. The van der Waals surface area contributed by atoms with Gasteiger partial charge >= 0.3 is 23.9 Å². The molecule has 3 N–H and O–H groups in total. The van der Waals surface area contributed by atoms with Crippen LogP contribution in [0.4, 0.5) is 35.7 Å². The molecule has 2 amide bonds. The zero-order valence-corrected chi connectivity index (χ0v) is 14.0. The molecule has 1 aromatic rings. The van der Waals surface area contributed by atoms with Gasteiger partial charge in [0.1, 0.15) is 5.00 Å². The van der Waals surface area contributed by atoms with Crippen molar-refractivity contribution >= 4 is 28.2 Å². The first kappa shape index (κ1) is 20.5. The molecule has 2 rings (SSSR count). The van der Waals surface area contributed by atoms with Crippen molar-refractivity contribution in [3.63, 3.8) is 0 Å². The maximum atomic E-state index is 13.5. The number of anilines is 1. The second kappa shape index (κ2) is 6.39. The fourth-order valence-electron chi connectivity index (χ4n) is 2.60. The van der Waals surface area contributed by atoms with Crippen molar-refractivity contribution in [3.05, 3.63) is 16.0 Å². The first-order valence-corrected chi connectivity index (χ1v) is 8.10. The van der Waals surface area contributed by atoms with Crippen molar-refractivity contribution in [3.8, 4) is 0 Å². The van der Waals surface area contributed by atoms with Gasteiger partial charge in [0.15, 0.2) is 0 Å². The number of carbonyl (C=O) groups is 2. The summed E-state index contributed by atoms with van der Waals surface area (Å²) >= 11 is 0.664. The van der Waals surface area contributed by atoms with Crippen LogP contribution in [0.5, 0.6) is 0 Å². The third-order valence-electron chi connectivity index (χ3n) is 4.02. The summed E-state index contributed by atoms with van der Waals surface area (Å²) in [5, 5.41) is 0.775. The van der Waals surface area contributed by atoms with Crippen LogP contribution in [0.3, 0.4) is 0 Å². The van der Waals surface area contributed by atoms with Gasteiger partial charge in [-0.15, -0.1) is 11.3 Å². The van der Waals surface area contributed by atoms with Gasteiger partial charge in [0.25, 0.3) is 5.91 Å². The van der Waals surface area contributed by atoms with Crippen LogP contribution in [0.2, 0.25) is 0 Å². The van der Waals surface area contributed by atoms with Gasteiger partial charge in [-0.2, -0.15) is 30.7 Å². The summed E-state index contributed by atoms with van der Waals surface area (Å²) in [7, 11) is 0. The van der Waals surface area contributed by atoms with E-state index in [9.17, 15) is 40.3 Å². The SMILES string of the molecule is CC1CCc2c(sc(NC(=O)C(F)(F)C(F)(F)C(F)(F)F)c2C(N)=O)C1. The van der Waals surface area contributed by atoms with Crippen molar-refractivity contribution in [2.45, 2.75) is 44.2 Å². The summed E-state index contributed by atoms with van der Waals surface area (Å²) in [6, 6.07) is 0. The molecule has 1 aliphatic carbocycles. The highest BCUT2D eigenvalue weighted by Crippen LogP contribution is 2.47. The Balaban J connectivity index is 2.39. The second-order valence-corrected chi connectivity index (χ2v) is 7.13. The second-order valence-electron chi connectivity index (χ2n) is 6.02. The Kier molecular flexibility index (Phi) is 5.03. The zero-order valence-electron chi connectivity index (χ0n) is 13.1. The van der Waals surface area contributed by atoms with Crippen LogP contribution in [-0.4, -0.2) is 29.8 Å². The molecule has 0 bridgehead atoms. The first-order valence-electron chi connectivity index (χ1n) is 7.28. The third kappa shape index (κ3) is 3.26. The molecule has 1 unspecified atom stereocenters. The van der Waals surface area contributed by atoms with E-state index in [4.69, 9.17) is 5.73 Å². The topological polar surface area (TPSA) is 72.2 Å². The number of rotatable bonds is 4. The molecule has 1 atom stereocenters. The fraction of sp³-hybridized carbons (Fsp3) is 0.571. The zero-order chi connectivity index (χ0) is 20.1. The summed E-state index contributed by atoms with van der Waals surface area (Å²) in [5.74, 6) is -16.4. The average Bonchev–Trinajstić information content (AvgIpc) is 2.82. The molecule has 1 heterocycles. The number of carbonyl (C=O) groups excluding carboxylic acids is 2. The highest BCUT2D eigenvalue weighted by Gasteiger charge is 2.76. The van der Waals surface area contributed by atoms with Crippen LogP contribution in [0.1, 0.15) is 34.1 Å². The van der Waals surface area contributed by atoms with Crippen LogP contribution in [-0.2, 0) is 17.6 Å². The lowest BCUT2D eigenvalue weighted by atomic mass is 9.88. The lowest BCUT2D eigenvalue weighted by Gasteiger charge is -2.26. The number of fused-ring (bicyclic) bond motifs is 1. The van der Waals surface area contributed by atoms with E-state index in [-0.39, 0.29) is 11.5 Å². The highest BCUT2D eigenvalue weighted by atomic mass is 32.1. The maximum Gasteiger partial charge on any atom is 0.460 e. The molecule has 0 radical (unpaired) electrons. The minimum atomic E-state index is -6.63. The van der Waals surface area contributed by atoms with Gasteiger partial charge in [0, 0.05) is 4.88 Å². The highest BCUT2D eigenvalue weighted by molar-refractivity contribution is 7.17. The Hall–Kier alpha value is -1.85.